The lowest BCUT2D eigenvalue weighted by atomic mass is 9.81. The molecule has 0 spiro atoms. The Hall–Kier alpha value is -2.98. The molecule has 1 aromatic rings. The summed E-state index contributed by atoms with van der Waals surface area (Å²) in [6.07, 6.45) is 2.37. The van der Waals surface area contributed by atoms with Crippen molar-refractivity contribution in [1.29, 1.82) is 0 Å². The van der Waals surface area contributed by atoms with E-state index in [1.165, 1.54) is 18.4 Å². The lowest BCUT2D eigenvalue weighted by molar-refractivity contribution is -0.159. The van der Waals surface area contributed by atoms with E-state index in [0.717, 1.165) is 19.6 Å². The van der Waals surface area contributed by atoms with Gasteiger partial charge in [0.15, 0.2) is 0 Å². The summed E-state index contributed by atoms with van der Waals surface area (Å²) in [7, 11) is 0. The van der Waals surface area contributed by atoms with E-state index in [1.807, 2.05) is 0 Å². The van der Waals surface area contributed by atoms with Crippen molar-refractivity contribution in [2.75, 3.05) is 19.6 Å². The summed E-state index contributed by atoms with van der Waals surface area (Å²) in [5.74, 6) is -7.30. The van der Waals surface area contributed by atoms with Gasteiger partial charge in [0.25, 0.3) is 0 Å². The molecule has 1 fully saturated rings. The summed E-state index contributed by atoms with van der Waals surface area (Å²) < 4.78 is 0. The van der Waals surface area contributed by atoms with Gasteiger partial charge in [0.2, 0.25) is 0 Å². The summed E-state index contributed by atoms with van der Waals surface area (Å²) in [5.41, 5.74) is 1.65. The van der Waals surface area contributed by atoms with Crippen LogP contribution in [0.3, 0.4) is 0 Å². The van der Waals surface area contributed by atoms with E-state index in [2.05, 4.69) is 47.9 Å². The molecule has 1 heterocycles. The van der Waals surface area contributed by atoms with Crippen LogP contribution in [0.1, 0.15) is 25.3 Å². The average molecular weight is 384 g/mol. The van der Waals surface area contributed by atoms with Gasteiger partial charge < -0.3 is 31.1 Å². The molecule has 10 heteroatoms. The largest absolute Gasteiger partial charge is 0.473 e. The molecule has 1 aliphatic rings. The number of carbonyl (C=O) groups is 4. The number of aliphatic carboxylic acids is 4. The van der Waals surface area contributed by atoms with E-state index in [9.17, 15) is 0 Å². The molecule has 10 nitrogen and oxygen atoms in total. The molecule has 1 saturated heterocycles. The minimum absolute atomic E-state index is 0.210. The van der Waals surface area contributed by atoms with Gasteiger partial charge in [0.1, 0.15) is 0 Å². The van der Waals surface area contributed by atoms with Crippen molar-refractivity contribution < 1.29 is 39.6 Å². The van der Waals surface area contributed by atoms with Gasteiger partial charge >= 0.3 is 23.9 Å². The zero-order valence-corrected chi connectivity index (χ0v) is 14.8. The first kappa shape index (κ1) is 24.0. The molecule has 0 aliphatic carbocycles. The maximum atomic E-state index is 9.10. The molecule has 1 aliphatic heterocycles. The highest BCUT2D eigenvalue weighted by atomic mass is 16.4. The van der Waals surface area contributed by atoms with E-state index >= 15 is 0 Å². The normalized spacial score (nSPS) is 14.4. The predicted molar refractivity (Wildman–Crippen MR) is 94.4 cm³/mol. The van der Waals surface area contributed by atoms with Crippen LogP contribution in [-0.4, -0.2) is 63.9 Å². The highest BCUT2D eigenvalue weighted by molar-refractivity contribution is 6.27. The van der Waals surface area contributed by atoms with Gasteiger partial charge in [-0.15, -0.1) is 0 Å². The van der Waals surface area contributed by atoms with Crippen LogP contribution in [-0.2, 0) is 24.7 Å². The molecule has 0 atom stereocenters. The van der Waals surface area contributed by atoms with Crippen molar-refractivity contribution in [3.8, 4) is 0 Å². The highest BCUT2D eigenvalue weighted by Gasteiger charge is 2.32. The number of hydrogen-bond donors (Lipinski definition) is 6. The molecule has 0 aromatic heterocycles. The molecule has 6 N–H and O–H groups in total. The minimum atomic E-state index is -1.82. The van der Waals surface area contributed by atoms with Gasteiger partial charge in [-0.2, -0.15) is 0 Å². The average Bonchev–Trinajstić information content (AvgIpc) is 2.64. The van der Waals surface area contributed by atoms with Crippen LogP contribution in [0.4, 0.5) is 0 Å². The third kappa shape index (κ3) is 9.33. The van der Waals surface area contributed by atoms with Crippen LogP contribution in [0.5, 0.6) is 0 Å². The maximum Gasteiger partial charge on any atom is 0.414 e. The molecule has 150 valence electrons. The molecule has 1 aromatic carbocycles. The number of nitrogens with one attached hydrogen (secondary N) is 2. The zero-order chi connectivity index (χ0) is 20.9. The number of carboxylic acids is 4. The second-order valence-corrected chi connectivity index (χ2v) is 5.45. The van der Waals surface area contributed by atoms with Gasteiger partial charge in [-0.3, -0.25) is 0 Å². The van der Waals surface area contributed by atoms with Crippen molar-refractivity contribution in [2.45, 2.75) is 25.3 Å². The zero-order valence-electron chi connectivity index (χ0n) is 14.8. The first-order valence-corrected chi connectivity index (χ1v) is 8.10. The van der Waals surface area contributed by atoms with Crippen LogP contribution in [0.15, 0.2) is 30.3 Å². The Labute approximate surface area is 155 Å². The molecule has 0 amide bonds. The molecular weight excluding hydrogens is 360 g/mol. The number of piperidine rings is 1. The minimum Gasteiger partial charge on any atom is -0.473 e. The summed E-state index contributed by atoms with van der Waals surface area (Å²) in [5, 5.41) is 36.7. The fourth-order valence-corrected chi connectivity index (χ4v) is 2.52. The predicted octanol–water partition coefficient (Wildman–Crippen LogP) is 0.186. The Bertz CT molecular complexity index is 574. The van der Waals surface area contributed by atoms with Crippen LogP contribution >= 0.6 is 0 Å². The number of hydrogen-bond acceptors (Lipinski definition) is 6. The van der Waals surface area contributed by atoms with E-state index in [4.69, 9.17) is 39.6 Å². The second kappa shape index (κ2) is 12.4. The van der Waals surface area contributed by atoms with Crippen molar-refractivity contribution in [3.05, 3.63) is 35.9 Å². The quantitative estimate of drug-likeness (QED) is 0.395. The van der Waals surface area contributed by atoms with Gasteiger partial charge in [-0.1, -0.05) is 37.3 Å². The number of carboxylic acid groups (broad SMARTS) is 4. The van der Waals surface area contributed by atoms with Crippen molar-refractivity contribution in [2.24, 2.45) is 0 Å². The van der Waals surface area contributed by atoms with Gasteiger partial charge in [0.05, 0.1) is 0 Å². The first-order valence-electron chi connectivity index (χ1n) is 8.10. The van der Waals surface area contributed by atoms with Crippen LogP contribution in [0, 0.1) is 0 Å². The summed E-state index contributed by atoms with van der Waals surface area (Å²) in [4.78, 5) is 36.4. The van der Waals surface area contributed by atoms with Crippen molar-refractivity contribution in [3.63, 3.8) is 0 Å². The number of rotatable bonds is 3. The molecule has 0 bridgehead atoms. The molecule has 27 heavy (non-hydrogen) atoms. The summed E-state index contributed by atoms with van der Waals surface area (Å²) >= 11 is 0. The molecular formula is C17H24N2O8. The van der Waals surface area contributed by atoms with Crippen molar-refractivity contribution in [1.82, 2.24) is 10.6 Å². The lowest BCUT2D eigenvalue weighted by Gasteiger charge is -2.39. The van der Waals surface area contributed by atoms with E-state index < -0.39 is 23.9 Å². The Morgan fingerprint density at radius 1 is 0.889 bits per heavy atom. The maximum absolute atomic E-state index is 9.10. The second-order valence-electron chi connectivity index (χ2n) is 5.45. The van der Waals surface area contributed by atoms with Crippen molar-refractivity contribution >= 4 is 23.9 Å². The van der Waals surface area contributed by atoms with Crippen LogP contribution < -0.4 is 10.6 Å². The van der Waals surface area contributed by atoms with Crippen LogP contribution in [0.25, 0.3) is 0 Å². The van der Waals surface area contributed by atoms with Gasteiger partial charge in [-0.05, 0) is 38.0 Å². The van der Waals surface area contributed by atoms with Gasteiger partial charge in [0, 0.05) is 5.54 Å². The molecule has 2 rings (SSSR count). The summed E-state index contributed by atoms with van der Waals surface area (Å²) in [6.45, 7) is 5.45. The van der Waals surface area contributed by atoms with E-state index in [1.54, 1.807) is 0 Å². The number of benzene rings is 1. The lowest BCUT2D eigenvalue weighted by Crippen LogP contribution is -2.49. The Morgan fingerprint density at radius 2 is 1.30 bits per heavy atom. The molecule has 0 saturated carbocycles. The van der Waals surface area contributed by atoms with E-state index in [0.29, 0.717) is 0 Å². The SMILES string of the molecule is CCNC1(c2ccccc2)CCNCC1.O=C(O)C(=O)O.O=C(O)C(=O)O. The Kier molecular flexibility index (Phi) is 11.0. The Balaban J connectivity index is 0.000000470. The highest BCUT2D eigenvalue weighted by Crippen LogP contribution is 2.30. The molecule has 0 unspecified atom stereocenters. The van der Waals surface area contributed by atoms with E-state index in [-0.39, 0.29) is 5.54 Å². The fraction of sp³-hybridized carbons (Fsp3) is 0.412. The first-order chi connectivity index (χ1) is 12.7. The monoisotopic (exact) mass is 384 g/mol. The Morgan fingerprint density at radius 3 is 1.63 bits per heavy atom. The smallest absolute Gasteiger partial charge is 0.414 e. The van der Waals surface area contributed by atoms with Crippen LogP contribution in [0.2, 0.25) is 0 Å². The summed E-state index contributed by atoms with van der Waals surface area (Å²) in [6, 6.07) is 10.8. The standard InChI is InChI=1S/C13H20N2.2C2H2O4/c1-2-15-13(8-10-14-11-9-13)12-6-4-3-5-7-12;2*3-1(4)2(5)6/h3-7,14-15H,2,8-11H2,1H3;2*(H,3,4)(H,5,6). The molecule has 0 radical (unpaired) electrons. The third-order valence-corrected chi connectivity index (χ3v) is 3.66. The van der Waals surface area contributed by atoms with Gasteiger partial charge in [-0.25, -0.2) is 19.2 Å². The fourth-order valence-electron chi connectivity index (χ4n) is 2.52. The topological polar surface area (TPSA) is 173 Å². The third-order valence-electron chi connectivity index (χ3n) is 3.66.